The van der Waals surface area contributed by atoms with Crippen molar-refractivity contribution in [3.63, 3.8) is 0 Å². The van der Waals surface area contributed by atoms with Crippen molar-refractivity contribution < 1.29 is 17.6 Å². The van der Waals surface area contributed by atoms with Crippen molar-refractivity contribution in [2.75, 3.05) is 11.1 Å². The predicted molar refractivity (Wildman–Crippen MR) is 108 cm³/mol. The fourth-order valence-electron chi connectivity index (χ4n) is 2.55. The third-order valence-corrected chi connectivity index (χ3v) is 6.09. The number of amides is 1. The second kappa shape index (κ2) is 8.58. The summed E-state index contributed by atoms with van der Waals surface area (Å²) in [6.45, 7) is 1.58. The van der Waals surface area contributed by atoms with Gasteiger partial charge in [0.2, 0.25) is 5.91 Å². The van der Waals surface area contributed by atoms with Gasteiger partial charge in [0.1, 0.15) is 0 Å². The van der Waals surface area contributed by atoms with Crippen LogP contribution in [0.5, 0.6) is 0 Å². The van der Waals surface area contributed by atoms with Crippen molar-refractivity contribution in [1.29, 1.82) is 0 Å². The van der Waals surface area contributed by atoms with Crippen molar-refractivity contribution in [2.45, 2.75) is 24.7 Å². The van der Waals surface area contributed by atoms with E-state index in [1.165, 1.54) is 12.1 Å². The van der Waals surface area contributed by atoms with E-state index in [0.717, 1.165) is 5.56 Å². The Morgan fingerprint density at radius 1 is 1.18 bits per heavy atom. The van der Waals surface area contributed by atoms with Crippen LogP contribution in [0, 0.1) is 0 Å². The van der Waals surface area contributed by atoms with E-state index >= 15 is 0 Å². The largest absolute Gasteiger partial charge is 0.441 e. The molecular weight excluding hydrogens is 400 g/mol. The second-order valence-electron chi connectivity index (χ2n) is 6.10. The fraction of sp³-hybridized carbons (Fsp3) is 0.200. The van der Waals surface area contributed by atoms with Gasteiger partial charge in [-0.2, -0.15) is 0 Å². The van der Waals surface area contributed by atoms with E-state index in [4.69, 9.17) is 16.0 Å². The Hall–Kier alpha value is -2.64. The summed E-state index contributed by atoms with van der Waals surface area (Å²) in [4.78, 5) is 16.6. The number of oxazole rings is 1. The van der Waals surface area contributed by atoms with Crippen molar-refractivity contribution >= 4 is 33.0 Å². The number of halogens is 1. The molecule has 3 rings (SSSR count). The van der Waals surface area contributed by atoms with Crippen molar-refractivity contribution in [3.05, 3.63) is 65.6 Å². The van der Waals surface area contributed by atoms with E-state index in [9.17, 15) is 13.2 Å². The molecule has 8 heteroatoms. The molecule has 2 aromatic carbocycles. The molecule has 0 aliphatic heterocycles. The Kier molecular flexibility index (Phi) is 6.16. The lowest BCUT2D eigenvalue weighted by atomic mass is 10.2. The van der Waals surface area contributed by atoms with Gasteiger partial charge in [0.15, 0.2) is 21.5 Å². The Morgan fingerprint density at radius 2 is 1.93 bits per heavy atom. The van der Waals surface area contributed by atoms with Crippen LogP contribution in [0.2, 0.25) is 5.02 Å². The summed E-state index contributed by atoms with van der Waals surface area (Å²) in [5, 5.41) is 3.34. The molecule has 0 bridgehead atoms. The van der Waals surface area contributed by atoms with Crippen LogP contribution in [-0.2, 0) is 21.1 Å². The molecule has 6 nitrogen and oxygen atoms in total. The maximum atomic E-state index is 12.2. The minimum atomic E-state index is -3.32. The first-order valence-corrected chi connectivity index (χ1v) is 10.7. The first-order chi connectivity index (χ1) is 13.4. The zero-order valence-corrected chi connectivity index (χ0v) is 16.8. The van der Waals surface area contributed by atoms with Crippen LogP contribution < -0.4 is 5.32 Å². The zero-order chi connectivity index (χ0) is 20.1. The molecule has 146 valence electrons. The summed E-state index contributed by atoms with van der Waals surface area (Å²) in [5.74, 6) is 0.800. The molecule has 0 saturated heterocycles. The van der Waals surface area contributed by atoms with Gasteiger partial charge in [0, 0.05) is 29.1 Å². The van der Waals surface area contributed by atoms with E-state index < -0.39 is 9.84 Å². The average molecular weight is 419 g/mol. The molecule has 0 spiro atoms. The summed E-state index contributed by atoms with van der Waals surface area (Å²) < 4.78 is 29.6. The Labute approximate surface area is 168 Å². The number of aromatic nitrogens is 1. The zero-order valence-electron chi connectivity index (χ0n) is 15.2. The van der Waals surface area contributed by atoms with Gasteiger partial charge in [-0.1, -0.05) is 24.6 Å². The lowest BCUT2D eigenvalue weighted by Crippen LogP contribution is -2.13. The lowest BCUT2D eigenvalue weighted by molar-refractivity contribution is -0.116. The molecule has 0 fully saturated rings. The van der Waals surface area contributed by atoms with Crippen LogP contribution in [0.3, 0.4) is 0 Å². The van der Waals surface area contributed by atoms with E-state index in [1.54, 1.807) is 37.4 Å². The quantitative estimate of drug-likeness (QED) is 0.615. The first-order valence-electron chi connectivity index (χ1n) is 8.70. The second-order valence-corrected chi connectivity index (χ2v) is 8.82. The van der Waals surface area contributed by atoms with Crippen LogP contribution in [-0.4, -0.2) is 25.1 Å². The molecule has 3 aromatic rings. The standard InChI is InChI=1S/C20H19ClN2O4S/c1-2-28(25,26)17-5-3-4-16(12-17)23-19(24)10-11-20-22-13-18(27-20)14-6-8-15(21)9-7-14/h3-9,12-13H,2,10-11H2,1H3,(H,23,24). The average Bonchev–Trinajstić information content (AvgIpc) is 3.16. The molecule has 0 aliphatic carbocycles. The molecule has 1 amide bonds. The van der Waals surface area contributed by atoms with Crippen molar-refractivity contribution in [3.8, 4) is 11.3 Å². The Bertz CT molecular complexity index is 1080. The number of aryl methyl sites for hydroxylation is 1. The maximum Gasteiger partial charge on any atom is 0.224 e. The highest BCUT2D eigenvalue weighted by molar-refractivity contribution is 7.91. The van der Waals surface area contributed by atoms with Crippen LogP contribution in [0.4, 0.5) is 5.69 Å². The maximum absolute atomic E-state index is 12.2. The van der Waals surface area contributed by atoms with Gasteiger partial charge in [-0.3, -0.25) is 4.79 Å². The Morgan fingerprint density at radius 3 is 2.64 bits per heavy atom. The summed E-state index contributed by atoms with van der Waals surface area (Å²) in [6, 6.07) is 13.4. The summed E-state index contributed by atoms with van der Waals surface area (Å²) in [7, 11) is -3.32. The molecular formula is C20H19ClN2O4S. The number of hydrogen-bond donors (Lipinski definition) is 1. The van der Waals surface area contributed by atoms with Gasteiger partial charge >= 0.3 is 0 Å². The fourth-order valence-corrected chi connectivity index (χ4v) is 3.60. The molecule has 1 N–H and O–H groups in total. The molecule has 28 heavy (non-hydrogen) atoms. The van der Waals surface area contributed by atoms with Crippen molar-refractivity contribution in [1.82, 2.24) is 4.98 Å². The monoisotopic (exact) mass is 418 g/mol. The Balaban J connectivity index is 1.59. The number of anilines is 1. The van der Waals surface area contributed by atoms with E-state index in [-0.39, 0.29) is 23.0 Å². The van der Waals surface area contributed by atoms with Crippen LogP contribution in [0.25, 0.3) is 11.3 Å². The third-order valence-electron chi connectivity index (χ3n) is 4.11. The molecule has 0 saturated carbocycles. The predicted octanol–water partition coefficient (Wildman–Crippen LogP) is 4.36. The van der Waals surface area contributed by atoms with Gasteiger partial charge < -0.3 is 9.73 Å². The topological polar surface area (TPSA) is 89.3 Å². The van der Waals surface area contributed by atoms with Gasteiger partial charge in [-0.15, -0.1) is 0 Å². The highest BCUT2D eigenvalue weighted by atomic mass is 35.5. The molecule has 0 radical (unpaired) electrons. The van der Waals surface area contributed by atoms with Gasteiger partial charge in [-0.05, 0) is 42.5 Å². The molecule has 0 aliphatic rings. The molecule has 0 atom stereocenters. The molecule has 1 heterocycles. The SMILES string of the molecule is CCS(=O)(=O)c1cccc(NC(=O)CCc2ncc(-c3ccc(Cl)cc3)o2)c1. The number of nitrogens with zero attached hydrogens (tertiary/aromatic N) is 1. The summed E-state index contributed by atoms with van der Waals surface area (Å²) in [6.07, 6.45) is 2.09. The van der Waals surface area contributed by atoms with E-state index in [0.29, 0.717) is 28.8 Å². The summed E-state index contributed by atoms with van der Waals surface area (Å²) >= 11 is 5.87. The minimum Gasteiger partial charge on any atom is -0.441 e. The highest BCUT2D eigenvalue weighted by Crippen LogP contribution is 2.23. The molecule has 1 aromatic heterocycles. The van der Waals surface area contributed by atoms with Crippen LogP contribution >= 0.6 is 11.6 Å². The van der Waals surface area contributed by atoms with Gasteiger partial charge in [0.25, 0.3) is 0 Å². The van der Waals surface area contributed by atoms with Crippen LogP contribution in [0.1, 0.15) is 19.2 Å². The minimum absolute atomic E-state index is 0.00448. The lowest BCUT2D eigenvalue weighted by Gasteiger charge is -2.07. The van der Waals surface area contributed by atoms with Crippen molar-refractivity contribution in [2.24, 2.45) is 0 Å². The molecule has 0 unspecified atom stereocenters. The number of carbonyl (C=O) groups is 1. The highest BCUT2D eigenvalue weighted by Gasteiger charge is 2.13. The van der Waals surface area contributed by atoms with Crippen LogP contribution in [0.15, 0.2) is 64.0 Å². The number of rotatable bonds is 7. The third kappa shape index (κ3) is 4.99. The summed E-state index contributed by atoms with van der Waals surface area (Å²) in [5.41, 5.74) is 1.29. The number of benzene rings is 2. The number of carbonyl (C=O) groups excluding carboxylic acids is 1. The van der Waals surface area contributed by atoms with E-state index in [1.807, 2.05) is 12.1 Å². The van der Waals surface area contributed by atoms with Gasteiger partial charge in [-0.25, -0.2) is 13.4 Å². The van der Waals surface area contributed by atoms with Gasteiger partial charge in [0.05, 0.1) is 16.8 Å². The van der Waals surface area contributed by atoms with E-state index in [2.05, 4.69) is 10.3 Å². The number of nitrogens with one attached hydrogen (secondary N) is 1. The smallest absolute Gasteiger partial charge is 0.224 e. The number of sulfone groups is 1. The first kappa shape index (κ1) is 20.1. The number of hydrogen-bond acceptors (Lipinski definition) is 5. The normalized spacial score (nSPS) is 11.4.